The Bertz CT molecular complexity index is 949. The summed E-state index contributed by atoms with van der Waals surface area (Å²) < 4.78 is 81.5. The van der Waals surface area contributed by atoms with Crippen LogP contribution in [0.2, 0.25) is 0 Å². The highest BCUT2D eigenvalue weighted by Crippen LogP contribution is 2.30. The van der Waals surface area contributed by atoms with Gasteiger partial charge in [0.1, 0.15) is 11.5 Å². The standard InChI is InChI=1S/C18H13F6N3OS/c19-10-4-2-1-3-9(10)17(28)25-18(29)27-7-5-26(6-8-27)16-14(23)12(21)11(20)13(22)15(16)24/h1-4H,5-8H2,(H,25,28,29). The number of piperazine rings is 1. The fourth-order valence-electron chi connectivity index (χ4n) is 2.89. The van der Waals surface area contributed by atoms with E-state index in [0.717, 1.165) is 11.0 Å². The monoisotopic (exact) mass is 433 g/mol. The van der Waals surface area contributed by atoms with Crippen molar-refractivity contribution in [3.63, 3.8) is 0 Å². The molecular formula is C18H13F6N3OS. The number of halogens is 6. The zero-order valence-corrected chi connectivity index (χ0v) is 15.4. The van der Waals surface area contributed by atoms with E-state index in [1.165, 1.54) is 23.1 Å². The molecule has 11 heteroatoms. The highest BCUT2D eigenvalue weighted by molar-refractivity contribution is 7.80. The molecule has 0 saturated carbocycles. The van der Waals surface area contributed by atoms with Crippen LogP contribution in [0.25, 0.3) is 0 Å². The van der Waals surface area contributed by atoms with E-state index >= 15 is 0 Å². The van der Waals surface area contributed by atoms with Crippen molar-refractivity contribution >= 4 is 28.9 Å². The highest BCUT2D eigenvalue weighted by Gasteiger charge is 2.31. The van der Waals surface area contributed by atoms with Crippen LogP contribution in [-0.4, -0.2) is 42.1 Å². The first kappa shape index (κ1) is 20.9. The third-order valence-electron chi connectivity index (χ3n) is 4.41. The van der Waals surface area contributed by atoms with Crippen molar-refractivity contribution < 1.29 is 31.1 Å². The molecule has 0 aromatic heterocycles. The second kappa shape index (κ2) is 8.27. The summed E-state index contributed by atoms with van der Waals surface area (Å²) in [6.45, 7) is -0.159. The Labute approximate surface area is 166 Å². The van der Waals surface area contributed by atoms with Gasteiger partial charge in [-0.3, -0.25) is 10.1 Å². The van der Waals surface area contributed by atoms with E-state index in [2.05, 4.69) is 5.32 Å². The summed E-state index contributed by atoms with van der Waals surface area (Å²) in [5, 5.41) is 2.31. The maximum Gasteiger partial charge on any atom is 0.260 e. The van der Waals surface area contributed by atoms with Gasteiger partial charge in [-0.05, 0) is 24.4 Å². The van der Waals surface area contributed by atoms with E-state index in [0.29, 0.717) is 0 Å². The van der Waals surface area contributed by atoms with Crippen molar-refractivity contribution in [2.75, 3.05) is 31.1 Å². The lowest BCUT2D eigenvalue weighted by molar-refractivity contribution is 0.0969. The lowest BCUT2D eigenvalue weighted by Crippen LogP contribution is -2.53. The molecule has 1 amide bonds. The number of nitrogens with one attached hydrogen (secondary N) is 1. The number of anilines is 1. The number of hydrogen-bond acceptors (Lipinski definition) is 3. The van der Waals surface area contributed by atoms with E-state index in [4.69, 9.17) is 12.2 Å². The van der Waals surface area contributed by atoms with Crippen molar-refractivity contribution in [3.05, 3.63) is 64.7 Å². The summed E-state index contributed by atoms with van der Waals surface area (Å²) in [6.07, 6.45) is 0. The Morgan fingerprint density at radius 3 is 1.90 bits per heavy atom. The van der Waals surface area contributed by atoms with Gasteiger partial charge in [-0.1, -0.05) is 12.1 Å². The van der Waals surface area contributed by atoms with Crippen LogP contribution in [0.4, 0.5) is 32.0 Å². The quantitative estimate of drug-likeness (QED) is 0.341. The number of thiocarbonyl (C=S) groups is 1. The van der Waals surface area contributed by atoms with E-state index in [-0.39, 0.29) is 36.9 Å². The highest BCUT2D eigenvalue weighted by atomic mass is 32.1. The van der Waals surface area contributed by atoms with E-state index in [1.807, 2.05) is 0 Å². The zero-order valence-electron chi connectivity index (χ0n) is 14.6. The Kier molecular flexibility index (Phi) is 5.96. The topological polar surface area (TPSA) is 35.6 Å². The number of nitrogens with zero attached hydrogens (tertiary/aromatic N) is 2. The van der Waals surface area contributed by atoms with Crippen molar-refractivity contribution in [1.82, 2.24) is 10.2 Å². The van der Waals surface area contributed by atoms with Gasteiger partial charge in [0.25, 0.3) is 5.91 Å². The van der Waals surface area contributed by atoms with Gasteiger partial charge in [0.05, 0.1) is 5.56 Å². The average Bonchev–Trinajstić information content (AvgIpc) is 2.71. The minimum atomic E-state index is -2.22. The summed E-state index contributed by atoms with van der Waals surface area (Å²) in [6, 6.07) is 5.28. The second-order valence-electron chi connectivity index (χ2n) is 6.13. The predicted octanol–water partition coefficient (Wildman–Crippen LogP) is 3.36. The fourth-order valence-corrected chi connectivity index (χ4v) is 3.17. The lowest BCUT2D eigenvalue weighted by atomic mass is 10.2. The van der Waals surface area contributed by atoms with Crippen LogP contribution in [0.3, 0.4) is 0 Å². The Morgan fingerprint density at radius 2 is 1.34 bits per heavy atom. The molecule has 2 aromatic rings. The van der Waals surface area contributed by atoms with Gasteiger partial charge < -0.3 is 9.80 Å². The summed E-state index contributed by atoms with van der Waals surface area (Å²) >= 11 is 5.09. The van der Waals surface area contributed by atoms with Gasteiger partial charge in [0, 0.05) is 26.2 Å². The van der Waals surface area contributed by atoms with E-state index in [9.17, 15) is 31.1 Å². The summed E-state index contributed by atoms with van der Waals surface area (Å²) in [5.74, 6) is -11.6. The van der Waals surface area contributed by atoms with Crippen LogP contribution in [0.15, 0.2) is 24.3 Å². The average molecular weight is 433 g/mol. The van der Waals surface area contributed by atoms with Crippen molar-refractivity contribution in [2.24, 2.45) is 0 Å². The second-order valence-corrected chi connectivity index (χ2v) is 6.52. The molecule has 1 saturated heterocycles. The minimum Gasteiger partial charge on any atom is -0.363 e. The lowest BCUT2D eigenvalue weighted by Gasteiger charge is -2.37. The predicted molar refractivity (Wildman–Crippen MR) is 96.5 cm³/mol. The molecule has 1 fully saturated rings. The van der Waals surface area contributed by atoms with Gasteiger partial charge >= 0.3 is 0 Å². The molecule has 0 spiro atoms. The first-order valence-electron chi connectivity index (χ1n) is 8.33. The van der Waals surface area contributed by atoms with Crippen molar-refractivity contribution in [3.8, 4) is 0 Å². The first-order valence-corrected chi connectivity index (χ1v) is 8.74. The molecule has 3 rings (SSSR count). The van der Waals surface area contributed by atoms with Gasteiger partial charge in [0.2, 0.25) is 5.82 Å². The maximum absolute atomic E-state index is 13.9. The first-order chi connectivity index (χ1) is 13.7. The van der Waals surface area contributed by atoms with Gasteiger partial charge in [-0.25, -0.2) is 26.3 Å². The molecular weight excluding hydrogens is 420 g/mol. The number of amides is 1. The summed E-state index contributed by atoms with van der Waals surface area (Å²) in [7, 11) is 0. The Balaban J connectivity index is 1.68. The molecule has 29 heavy (non-hydrogen) atoms. The van der Waals surface area contributed by atoms with E-state index in [1.54, 1.807) is 0 Å². The third-order valence-corrected chi connectivity index (χ3v) is 4.77. The number of benzene rings is 2. The molecule has 1 heterocycles. The van der Waals surface area contributed by atoms with Crippen LogP contribution >= 0.6 is 12.2 Å². The molecule has 1 aliphatic heterocycles. The molecule has 0 bridgehead atoms. The number of hydrogen-bond donors (Lipinski definition) is 1. The third kappa shape index (κ3) is 4.00. The molecule has 1 N–H and O–H groups in total. The van der Waals surface area contributed by atoms with Crippen LogP contribution in [0.1, 0.15) is 10.4 Å². The van der Waals surface area contributed by atoms with Gasteiger partial charge in [0.15, 0.2) is 28.4 Å². The smallest absolute Gasteiger partial charge is 0.260 e. The number of carbonyl (C=O) groups excluding carboxylic acids is 1. The molecule has 0 radical (unpaired) electrons. The molecule has 0 unspecified atom stereocenters. The number of carbonyl (C=O) groups is 1. The SMILES string of the molecule is O=C(NC(=S)N1CCN(c2c(F)c(F)c(F)c(F)c2F)CC1)c1ccccc1F. The minimum absolute atomic E-state index is 0.0376. The summed E-state index contributed by atoms with van der Waals surface area (Å²) in [4.78, 5) is 14.6. The fraction of sp³-hybridized carbons (Fsp3) is 0.222. The number of rotatable bonds is 2. The molecule has 154 valence electrons. The Morgan fingerprint density at radius 1 is 0.828 bits per heavy atom. The van der Waals surface area contributed by atoms with E-state index < -0.39 is 46.5 Å². The van der Waals surface area contributed by atoms with Crippen LogP contribution in [0, 0.1) is 34.9 Å². The van der Waals surface area contributed by atoms with Crippen molar-refractivity contribution in [1.29, 1.82) is 0 Å². The largest absolute Gasteiger partial charge is 0.363 e. The van der Waals surface area contributed by atoms with Crippen molar-refractivity contribution in [2.45, 2.75) is 0 Å². The normalized spacial score (nSPS) is 14.1. The van der Waals surface area contributed by atoms with Crippen LogP contribution in [-0.2, 0) is 0 Å². The summed E-state index contributed by atoms with van der Waals surface area (Å²) in [5.41, 5.74) is -1.22. The van der Waals surface area contributed by atoms with Gasteiger partial charge in [-0.2, -0.15) is 0 Å². The van der Waals surface area contributed by atoms with Gasteiger partial charge in [-0.15, -0.1) is 0 Å². The van der Waals surface area contributed by atoms with Crippen LogP contribution < -0.4 is 10.2 Å². The molecule has 2 aromatic carbocycles. The maximum atomic E-state index is 13.9. The molecule has 1 aliphatic rings. The molecule has 4 nitrogen and oxygen atoms in total. The zero-order chi connectivity index (χ0) is 21.3. The van der Waals surface area contributed by atoms with Crippen LogP contribution in [0.5, 0.6) is 0 Å². The molecule has 0 aliphatic carbocycles. The Hall–Kier alpha value is -2.82. The molecule has 0 atom stereocenters.